The number of nitrogen functional groups attached to an aromatic ring is 1. The van der Waals surface area contributed by atoms with Crippen LogP contribution in [0.25, 0.3) is 5.82 Å². The van der Waals surface area contributed by atoms with E-state index in [2.05, 4.69) is 17.1 Å². The molecule has 0 aliphatic rings. The number of aromatic nitrogens is 4. The largest absolute Gasteiger partial charge is 0.394 e. The van der Waals surface area contributed by atoms with Crippen molar-refractivity contribution in [3.63, 3.8) is 0 Å². The van der Waals surface area contributed by atoms with E-state index in [9.17, 15) is 0 Å². The fraction of sp³-hybridized carbons (Fsp3) is 0.455. The molecule has 2 N–H and O–H groups in total. The highest BCUT2D eigenvalue weighted by Gasteiger charge is 2.16. The van der Waals surface area contributed by atoms with Gasteiger partial charge in [0, 0.05) is 7.05 Å². The quantitative estimate of drug-likeness (QED) is 0.911. The fourth-order valence-electron chi connectivity index (χ4n) is 1.83. The van der Waals surface area contributed by atoms with E-state index < -0.39 is 0 Å². The first-order valence-electron chi connectivity index (χ1n) is 5.58. The van der Waals surface area contributed by atoms with E-state index in [0.717, 1.165) is 30.0 Å². The van der Waals surface area contributed by atoms with Crippen molar-refractivity contribution in [3.05, 3.63) is 22.6 Å². The molecule has 0 saturated heterocycles. The van der Waals surface area contributed by atoms with Gasteiger partial charge in [-0.2, -0.15) is 10.2 Å². The molecule has 5 nitrogen and oxygen atoms in total. The molecule has 0 unspecified atom stereocenters. The van der Waals surface area contributed by atoms with Gasteiger partial charge in [-0.1, -0.05) is 24.9 Å². The van der Waals surface area contributed by atoms with E-state index in [1.165, 1.54) is 0 Å². The Morgan fingerprint density at radius 3 is 2.65 bits per heavy atom. The number of nitrogens with zero attached hydrogens (tertiary/aromatic N) is 4. The molecule has 0 aromatic carbocycles. The number of anilines is 1. The summed E-state index contributed by atoms with van der Waals surface area (Å²) in [5.41, 5.74) is 8.46. The topological polar surface area (TPSA) is 61.7 Å². The number of hydrogen-bond acceptors (Lipinski definition) is 3. The lowest BCUT2D eigenvalue weighted by Crippen LogP contribution is -2.05. The summed E-state index contributed by atoms with van der Waals surface area (Å²) in [5.74, 6) is 0.767. The third kappa shape index (κ3) is 2.02. The standard InChI is InChI=1S/C11H16ClN5/c1-4-5-9-10(13)11(16(3)15-9)17-6-8(12)7(2)14-17/h6H,4-5,13H2,1-3H3. The zero-order valence-electron chi connectivity index (χ0n) is 10.2. The van der Waals surface area contributed by atoms with Gasteiger partial charge >= 0.3 is 0 Å². The van der Waals surface area contributed by atoms with Crippen molar-refractivity contribution in [2.24, 2.45) is 7.05 Å². The van der Waals surface area contributed by atoms with Crippen LogP contribution in [-0.4, -0.2) is 19.6 Å². The van der Waals surface area contributed by atoms with E-state index in [1.54, 1.807) is 15.6 Å². The van der Waals surface area contributed by atoms with Gasteiger partial charge in [0.2, 0.25) is 0 Å². The van der Waals surface area contributed by atoms with Crippen LogP contribution < -0.4 is 5.73 Å². The Hall–Kier alpha value is -1.49. The highest BCUT2D eigenvalue weighted by Crippen LogP contribution is 2.23. The van der Waals surface area contributed by atoms with E-state index in [4.69, 9.17) is 17.3 Å². The summed E-state index contributed by atoms with van der Waals surface area (Å²) < 4.78 is 3.42. The smallest absolute Gasteiger partial charge is 0.175 e. The van der Waals surface area contributed by atoms with Crippen LogP contribution in [0.1, 0.15) is 24.7 Å². The molecule has 0 aliphatic carbocycles. The van der Waals surface area contributed by atoms with Gasteiger partial charge in [-0.05, 0) is 13.3 Å². The van der Waals surface area contributed by atoms with E-state index in [0.29, 0.717) is 10.7 Å². The Morgan fingerprint density at radius 2 is 2.12 bits per heavy atom. The van der Waals surface area contributed by atoms with Crippen LogP contribution in [0.4, 0.5) is 5.69 Å². The summed E-state index contributed by atoms with van der Waals surface area (Å²) in [6.45, 7) is 3.96. The van der Waals surface area contributed by atoms with Gasteiger partial charge in [0.25, 0.3) is 0 Å². The minimum Gasteiger partial charge on any atom is -0.394 e. The second-order valence-electron chi connectivity index (χ2n) is 4.06. The van der Waals surface area contributed by atoms with Crippen LogP contribution in [0.5, 0.6) is 0 Å². The van der Waals surface area contributed by atoms with Gasteiger partial charge in [0.15, 0.2) is 5.82 Å². The average molecular weight is 254 g/mol. The van der Waals surface area contributed by atoms with Gasteiger partial charge < -0.3 is 5.73 Å². The first kappa shape index (κ1) is 12.0. The molecule has 2 heterocycles. The molecule has 0 atom stereocenters. The number of halogens is 1. The summed E-state index contributed by atoms with van der Waals surface area (Å²) in [4.78, 5) is 0. The molecule has 0 bridgehead atoms. The van der Waals surface area contributed by atoms with Crippen LogP contribution in [-0.2, 0) is 13.5 Å². The Kier molecular flexibility index (Phi) is 3.11. The molecule has 2 aromatic heterocycles. The predicted octanol–water partition coefficient (Wildman–Crippen LogP) is 2.10. The first-order chi connectivity index (χ1) is 8.04. The van der Waals surface area contributed by atoms with Crippen molar-refractivity contribution in [3.8, 4) is 5.82 Å². The molecule has 0 saturated carbocycles. The summed E-state index contributed by atoms with van der Waals surface area (Å²) in [5, 5.41) is 9.35. The second-order valence-corrected chi connectivity index (χ2v) is 4.47. The SMILES string of the molecule is CCCc1nn(C)c(-n2cc(Cl)c(C)n2)c1N. The number of hydrogen-bond donors (Lipinski definition) is 1. The molecule has 0 aliphatic heterocycles. The Morgan fingerprint density at radius 1 is 1.41 bits per heavy atom. The van der Waals surface area contributed by atoms with Crippen molar-refractivity contribution in [2.45, 2.75) is 26.7 Å². The number of rotatable bonds is 3. The summed E-state index contributed by atoms with van der Waals surface area (Å²) in [6.07, 6.45) is 3.63. The van der Waals surface area contributed by atoms with Crippen LogP contribution in [0.2, 0.25) is 5.02 Å². The summed E-state index contributed by atoms with van der Waals surface area (Å²) >= 11 is 6.00. The minimum atomic E-state index is 0.627. The third-order valence-electron chi connectivity index (χ3n) is 2.67. The molecule has 2 aromatic rings. The number of aryl methyl sites for hydroxylation is 3. The lowest BCUT2D eigenvalue weighted by atomic mass is 10.2. The predicted molar refractivity (Wildman–Crippen MR) is 68.5 cm³/mol. The lowest BCUT2D eigenvalue weighted by molar-refractivity contribution is 0.683. The maximum atomic E-state index is 6.09. The fourth-order valence-corrected chi connectivity index (χ4v) is 1.96. The molecule has 2 rings (SSSR count). The Balaban J connectivity index is 2.51. The van der Waals surface area contributed by atoms with Crippen molar-refractivity contribution in [1.29, 1.82) is 0 Å². The third-order valence-corrected chi connectivity index (χ3v) is 3.04. The van der Waals surface area contributed by atoms with Crippen LogP contribution in [0, 0.1) is 6.92 Å². The van der Waals surface area contributed by atoms with E-state index >= 15 is 0 Å². The summed E-state index contributed by atoms with van der Waals surface area (Å²) in [6, 6.07) is 0. The maximum absolute atomic E-state index is 6.09. The van der Waals surface area contributed by atoms with Crippen LogP contribution >= 0.6 is 11.6 Å². The molecule has 6 heteroatoms. The molecule has 0 fully saturated rings. The molecule has 0 radical (unpaired) electrons. The van der Waals surface area contributed by atoms with Gasteiger partial charge in [-0.3, -0.25) is 0 Å². The van der Waals surface area contributed by atoms with Crippen molar-refractivity contribution in [2.75, 3.05) is 5.73 Å². The average Bonchev–Trinajstić information content (AvgIpc) is 2.71. The molecule has 92 valence electrons. The number of nitrogens with two attached hydrogens (primary N) is 1. The monoisotopic (exact) mass is 253 g/mol. The maximum Gasteiger partial charge on any atom is 0.175 e. The second kappa shape index (κ2) is 4.41. The van der Waals surface area contributed by atoms with Crippen LogP contribution in [0.3, 0.4) is 0 Å². The van der Waals surface area contributed by atoms with Gasteiger partial charge in [-0.15, -0.1) is 0 Å². The van der Waals surface area contributed by atoms with E-state index in [1.807, 2.05) is 14.0 Å². The highest BCUT2D eigenvalue weighted by atomic mass is 35.5. The Labute approximate surface area is 105 Å². The minimum absolute atomic E-state index is 0.627. The normalized spacial score (nSPS) is 11.1. The molecule has 17 heavy (non-hydrogen) atoms. The van der Waals surface area contributed by atoms with Gasteiger partial charge in [0.05, 0.1) is 22.6 Å². The van der Waals surface area contributed by atoms with Gasteiger partial charge in [-0.25, -0.2) is 9.36 Å². The molecular weight excluding hydrogens is 238 g/mol. The first-order valence-corrected chi connectivity index (χ1v) is 5.95. The zero-order chi connectivity index (χ0) is 12.6. The van der Waals surface area contributed by atoms with E-state index in [-0.39, 0.29) is 0 Å². The molecule has 0 amide bonds. The zero-order valence-corrected chi connectivity index (χ0v) is 11.0. The van der Waals surface area contributed by atoms with Crippen molar-refractivity contribution in [1.82, 2.24) is 19.6 Å². The Bertz CT molecular complexity index is 521. The van der Waals surface area contributed by atoms with Gasteiger partial charge in [0.1, 0.15) is 5.69 Å². The lowest BCUT2D eigenvalue weighted by Gasteiger charge is -2.02. The van der Waals surface area contributed by atoms with Crippen molar-refractivity contribution >= 4 is 17.3 Å². The van der Waals surface area contributed by atoms with Crippen molar-refractivity contribution < 1.29 is 0 Å². The van der Waals surface area contributed by atoms with Crippen LogP contribution in [0.15, 0.2) is 6.20 Å². The summed E-state index contributed by atoms with van der Waals surface area (Å²) in [7, 11) is 1.86. The molecule has 0 spiro atoms. The molecular formula is C11H16ClN5. The highest BCUT2D eigenvalue weighted by molar-refractivity contribution is 6.31.